The molecule has 0 aliphatic heterocycles. The fraction of sp³-hybridized carbons (Fsp3) is 0.238. The number of phenols is 1. The van der Waals surface area contributed by atoms with Crippen molar-refractivity contribution in [3.8, 4) is 5.75 Å². The van der Waals surface area contributed by atoms with Crippen molar-refractivity contribution in [2.24, 2.45) is 0 Å². The van der Waals surface area contributed by atoms with E-state index in [9.17, 15) is 5.11 Å². The minimum atomic E-state index is 0.0228. The molecule has 1 aromatic heterocycles. The monoisotopic (exact) mass is 336 g/mol. The molecule has 5 rings (SSSR count). The summed E-state index contributed by atoms with van der Waals surface area (Å²) in [6.45, 7) is 4.56. The van der Waals surface area contributed by atoms with Crippen LogP contribution in [-0.4, -0.2) is 5.11 Å². The van der Waals surface area contributed by atoms with Gasteiger partial charge in [-0.25, -0.2) is 0 Å². The number of phenolic OH excluding ortho intramolecular Hbond substituents is 1. The highest BCUT2D eigenvalue weighted by atomic mass is 35.5. The zero-order chi connectivity index (χ0) is 16.6. The van der Waals surface area contributed by atoms with Crippen molar-refractivity contribution in [2.75, 3.05) is 0 Å². The summed E-state index contributed by atoms with van der Waals surface area (Å²) in [7, 11) is 0. The Balaban J connectivity index is 2.11. The molecule has 1 heterocycles. The van der Waals surface area contributed by atoms with Gasteiger partial charge in [-0.1, -0.05) is 31.5 Å². The van der Waals surface area contributed by atoms with Gasteiger partial charge < -0.3 is 9.52 Å². The van der Waals surface area contributed by atoms with Crippen LogP contribution in [-0.2, 0) is 11.8 Å². The second-order valence-electron chi connectivity index (χ2n) is 7.41. The molecule has 0 radical (unpaired) electrons. The van der Waals surface area contributed by atoms with Gasteiger partial charge in [0.15, 0.2) is 0 Å². The maximum Gasteiger partial charge on any atom is 0.136 e. The number of halogens is 1. The van der Waals surface area contributed by atoms with Gasteiger partial charge in [0.1, 0.15) is 16.9 Å². The Morgan fingerprint density at radius 2 is 1.88 bits per heavy atom. The third kappa shape index (κ3) is 1.72. The molecule has 0 amide bonds. The molecule has 0 atom stereocenters. The predicted molar refractivity (Wildman–Crippen MR) is 99.2 cm³/mol. The standard InChI is InChI=1S/C21H17ClO2/c1-21(2)8-7-13-15(23)6-3-11-9-17-19(20(21)18(11)13)14-5-4-12(22)10-16(14)24-17/h3-6,9-10,23H,7-8H2,1-2H3. The lowest BCUT2D eigenvalue weighted by Crippen LogP contribution is -2.23. The summed E-state index contributed by atoms with van der Waals surface area (Å²) in [5.41, 5.74) is 4.08. The van der Waals surface area contributed by atoms with Crippen LogP contribution in [0.2, 0.25) is 5.02 Å². The van der Waals surface area contributed by atoms with Crippen LogP contribution >= 0.6 is 11.6 Å². The van der Waals surface area contributed by atoms with Gasteiger partial charge in [-0.3, -0.25) is 0 Å². The van der Waals surface area contributed by atoms with Gasteiger partial charge in [0.25, 0.3) is 0 Å². The fourth-order valence-corrected chi connectivity index (χ4v) is 4.44. The Bertz CT molecular complexity index is 1150. The first-order valence-electron chi connectivity index (χ1n) is 8.25. The Morgan fingerprint density at radius 3 is 2.71 bits per heavy atom. The lowest BCUT2D eigenvalue weighted by atomic mass is 9.70. The topological polar surface area (TPSA) is 33.4 Å². The van der Waals surface area contributed by atoms with Crippen molar-refractivity contribution in [3.05, 3.63) is 52.5 Å². The second-order valence-corrected chi connectivity index (χ2v) is 7.85. The molecule has 0 bridgehead atoms. The van der Waals surface area contributed by atoms with Gasteiger partial charge in [-0.2, -0.15) is 0 Å². The molecule has 4 aromatic rings. The Morgan fingerprint density at radius 1 is 1.04 bits per heavy atom. The number of hydrogen-bond acceptors (Lipinski definition) is 2. The van der Waals surface area contributed by atoms with Gasteiger partial charge in [-0.15, -0.1) is 0 Å². The van der Waals surface area contributed by atoms with E-state index in [1.54, 1.807) is 6.07 Å². The van der Waals surface area contributed by atoms with E-state index >= 15 is 0 Å². The largest absolute Gasteiger partial charge is 0.508 e. The van der Waals surface area contributed by atoms with Crippen molar-refractivity contribution in [3.63, 3.8) is 0 Å². The minimum absolute atomic E-state index is 0.0228. The van der Waals surface area contributed by atoms with Crippen LogP contribution in [0.25, 0.3) is 32.7 Å². The van der Waals surface area contributed by atoms with Crippen molar-refractivity contribution in [1.29, 1.82) is 0 Å². The average Bonchev–Trinajstić information content (AvgIpc) is 2.88. The molecule has 120 valence electrons. The first kappa shape index (κ1) is 14.2. The van der Waals surface area contributed by atoms with Crippen LogP contribution in [0.15, 0.2) is 40.8 Å². The molecule has 2 nitrogen and oxygen atoms in total. The van der Waals surface area contributed by atoms with Gasteiger partial charge >= 0.3 is 0 Å². The third-order valence-electron chi connectivity index (χ3n) is 5.46. The van der Waals surface area contributed by atoms with Crippen molar-refractivity contribution in [2.45, 2.75) is 32.1 Å². The number of furan rings is 1. The number of fused-ring (bicyclic) bond motifs is 4. The molecule has 0 unspecified atom stereocenters. The molecular formula is C21H17ClO2. The zero-order valence-electron chi connectivity index (χ0n) is 13.6. The lowest BCUT2D eigenvalue weighted by molar-refractivity contribution is 0.445. The fourth-order valence-electron chi connectivity index (χ4n) is 4.28. The van der Waals surface area contributed by atoms with E-state index < -0.39 is 0 Å². The highest BCUT2D eigenvalue weighted by Crippen LogP contribution is 2.49. The normalized spacial score (nSPS) is 16.3. The maximum absolute atomic E-state index is 10.4. The Labute approximate surface area is 144 Å². The van der Waals surface area contributed by atoms with Crippen LogP contribution in [0.1, 0.15) is 31.4 Å². The number of aryl methyl sites for hydroxylation is 1. The highest BCUT2D eigenvalue weighted by Gasteiger charge is 2.33. The molecule has 24 heavy (non-hydrogen) atoms. The third-order valence-corrected chi connectivity index (χ3v) is 5.70. The molecule has 1 N–H and O–H groups in total. The number of rotatable bonds is 0. The first-order valence-corrected chi connectivity index (χ1v) is 8.63. The lowest BCUT2D eigenvalue weighted by Gasteiger charge is -2.33. The smallest absolute Gasteiger partial charge is 0.136 e. The molecule has 0 fully saturated rings. The molecule has 0 saturated heterocycles. The molecule has 0 spiro atoms. The zero-order valence-corrected chi connectivity index (χ0v) is 14.4. The summed E-state index contributed by atoms with van der Waals surface area (Å²) in [6.07, 6.45) is 1.91. The molecule has 0 saturated carbocycles. The van der Waals surface area contributed by atoms with Crippen molar-refractivity contribution in [1.82, 2.24) is 0 Å². The maximum atomic E-state index is 10.4. The minimum Gasteiger partial charge on any atom is -0.508 e. The molecular weight excluding hydrogens is 320 g/mol. The summed E-state index contributed by atoms with van der Waals surface area (Å²) < 4.78 is 6.12. The number of aromatic hydroxyl groups is 1. The van der Waals surface area contributed by atoms with Crippen LogP contribution in [0.5, 0.6) is 5.75 Å². The summed E-state index contributed by atoms with van der Waals surface area (Å²) in [5.74, 6) is 0.398. The summed E-state index contributed by atoms with van der Waals surface area (Å²) in [4.78, 5) is 0. The Kier molecular flexibility index (Phi) is 2.63. The summed E-state index contributed by atoms with van der Waals surface area (Å²) in [6, 6.07) is 11.7. The van der Waals surface area contributed by atoms with Crippen LogP contribution in [0.3, 0.4) is 0 Å². The second kappa shape index (κ2) is 4.46. The van der Waals surface area contributed by atoms with E-state index in [0.717, 1.165) is 45.7 Å². The molecule has 1 aliphatic carbocycles. The van der Waals surface area contributed by atoms with Crippen LogP contribution < -0.4 is 0 Å². The van der Waals surface area contributed by atoms with E-state index in [-0.39, 0.29) is 5.41 Å². The van der Waals surface area contributed by atoms with Crippen LogP contribution in [0, 0.1) is 0 Å². The van der Waals surface area contributed by atoms with E-state index in [1.165, 1.54) is 10.9 Å². The van der Waals surface area contributed by atoms with E-state index in [2.05, 4.69) is 19.9 Å². The summed E-state index contributed by atoms with van der Waals surface area (Å²) in [5, 5.41) is 15.6. The molecule has 3 heteroatoms. The van der Waals surface area contributed by atoms with Crippen molar-refractivity contribution < 1.29 is 9.52 Å². The van der Waals surface area contributed by atoms with E-state index in [4.69, 9.17) is 16.0 Å². The van der Waals surface area contributed by atoms with Gasteiger partial charge in [0.2, 0.25) is 0 Å². The summed E-state index contributed by atoms with van der Waals surface area (Å²) >= 11 is 6.14. The van der Waals surface area contributed by atoms with Gasteiger partial charge in [0, 0.05) is 27.4 Å². The number of hydrogen-bond donors (Lipinski definition) is 1. The van der Waals surface area contributed by atoms with E-state index in [0.29, 0.717) is 10.8 Å². The quantitative estimate of drug-likeness (QED) is 0.407. The average molecular weight is 337 g/mol. The predicted octanol–water partition coefficient (Wildman–Crippen LogP) is 6.32. The SMILES string of the molecule is CC1(C)CCc2c(O)ccc3cc4oc5cc(Cl)ccc5c4c1c23. The number of benzene rings is 3. The molecule has 1 aliphatic rings. The molecule has 3 aromatic carbocycles. The first-order chi connectivity index (χ1) is 11.5. The highest BCUT2D eigenvalue weighted by molar-refractivity contribution is 6.31. The van der Waals surface area contributed by atoms with Crippen molar-refractivity contribution >= 4 is 44.3 Å². The van der Waals surface area contributed by atoms with Crippen LogP contribution in [0.4, 0.5) is 0 Å². The van der Waals surface area contributed by atoms with Gasteiger partial charge in [0.05, 0.1) is 0 Å². The van der Waals surface area contributed by atoms with E-state index in [1.807, 2.05) is 24.3 Å². The Hall–Kier alpha value is -2.19. The van der Waals surface area contributed by atoms with Gasteiger partial charge in [-0.05, 0) is 58.9 Å².